The molecule has 2 atom stereocenters. The first kappa shape index (κ1) is 22.4. The first-order valence-electron chi connectivity index (χ1n) is 10.5. The van der Waals surface area contributed by atoms with Gasteiger partial charge in [-0.3, -0.25) is 4.79 Å². The fourth-order valence-electron chi connectivity index (χ4n) is 4.31. The van der Waals surface area contributed by atoms with Gasteiger partial charge in [0, 0.05) is 12.1 Å². The van der Waals surface area contributed by atoms with Gasteiger partial charge >= 0.3 is 0 Å². The largest absolute Gasteiger partial charge is 0.492 e. The molecule has 1 aromatic rings. The van der Waals surface area contributed by atoms with Crippen LogP contribution in [0, 0.1) is 5.92 Å². The number of amides is 1. The highest BCUT2D eigenvalue weighted by Crippen LogP contribution is 2.36. The number of fused-ring (bicyclic) bond motifs is 1. The molecule has 1 saturated carbocycles. The summed E-state index contributed by atoms with van der Waals surface area (Å²) in [5.41, 5.74) is 1.19. The number of halogens is 1. The van der Waals surface area contributed by atoms with E-state index in [1.165, 1.54) is 18.9 Å². The van der Waals surface area contributed by atoms with Crippen molar-refractivity contribution in [1.29, 1.82) is 0 Å². The molecule has 29 heavy (non-hydrogen) atoms. The molecule has 1 aromatic carbocycles. The van der Waals surface area contributed by atoms with Gasteiger partial charge in [0.05, 0.1) is 22.8 Å². The Morgan fingerprint density at radius 2 is 2.07 bits per heavy atom. The number of hydrogen-bond donors (Lipinski definition) is 2. The second-order valence-corrected chi connectivity index (χ2v) is 10.6. The number of nitrogens with one attached hydrogen (secondary N) is 2. The summed E-state index contributed by atoms with van der Waals surface area (Å²) in [5, 5.41) is 6.73. The SMILES string of the molecule is CCS(=O)(=O)c1cc2c(c(C(=O)NC(CC3CC3)C3CCCN3)c1)OCCC2.Cl. The Morgan fingerprint density at radius 3 is 2.72 bits per heavy atom. The van der Waals surface area contributed by atoms with E-state index >= 15 is 0 Å². The van der Waals surface area contributed by atoms with E-state index in [1.54, 1.807) is 13.0 Å². The quantitative estimate of drug-likeness (QED) is 0.678. The van der Waals surface area contributed by atoms with Gasteiger partial charge in [0.25, 0.3) is 5.91 Å². The summed E-state index contributed by atoms with van der Waals surface area (Å²) in [6.07, 6.45) is 7.22. The van der Waals surface area contributed by atoms with Gasteiger partial charge in [-0.25, -0.2) is 8.42 Å². The lowest BCUT2D eigenvalue weighted by atomic mass is 9.98. The fourth-order valence-corrected chi connectivity index (χ4v) is 5.26. The average molecular weight is 443 g/mol. The molecule has 1 saturated heterocycles. The van der Waals surface area contributed by atoms with E-state index in [-0.39, 0.29) is 35.0 Å². The third-order valence-corrected chi connectivity index (χ3v) is 7.86. The molecule has 2 heterocycles. The van der Waals surface area contributed by atoms with Crippen molar-refractivity contribution in [2.24, 2.45) is 5.92 Å². The lowest BCUT2D eigenvalue weighted by molar-refractivity contribution is 0.0919. The number of carbonyl (C=O) groups excluding carboxylic acids is 1. The first-order chi connectivity index (χ1) is 13.5. The van der Waals surface area contributed by atoms with Crippen molar-refractivity contribution in [2.45, 2.75) is 68.8 Å². The third kappa shape index (κ3) is 5.06. The average Bonchev–Trinajstić information content (AvgIpc) is 3.35. The van der Waals surface area contributed by atoms with Crippen LogP contribution in [0.1, 0.15) is 61.4 Å². The predicted octanol–water partition coefficient (Wildman–Crippen LogP) is 2.88. The number of hydrogen-bond acceptors (Lipinski definition) is 5. The maximum atomic E-state index is 13.2. The van der Waals surface area contributed by atoms with Gasteiger partial charge < -0.3 is 15.4 Å². The number of carbonyl (C=O) groups is 1. The maximum Gasteiger partial charge on any atom is 0.255 e. The van der Waals surface area contributed by atoms with E-state index in [1.807, 2.05) is 0 Å². The van der Waals surface area contributed by atoms with Crippen molar-refractivity contribution < 1.29 is 17.9 Å². The highest BCUT2D eigenvalue weighted by molar-refractivity contribution is 7.91. The minimum absolute atomic E-state index is 0. The van der Waals surface area contributed by atoms with Crippen LogP contribution in [0.2, 0.25) is 0 Å². The number of rotatable bonds is 7. The van der Waals surface area contributed by atoms with Crippen LogP contribution in [-0.2, 0) is 16.3 Å². The van der Waals surface area contributed by atoms with Crippen LogP contribution < -0.4 is 15.4 Å². The Morgan fingerprint density at radius 1 is 1.28 bits per heavy atom. The summed E-state index contributed by atoms with van der Waals surface area (Å²) < 4.78 is 30.7. The number of benzene rings is 1. The summed E-state index contributed by atoms with van der Waals surface area (Å²) >= 11 is 0. The van der Waals surface area contributed by atoms with E-state index in [0.717, 1.165) is 44.2 Å². The molecular formula is C21H31ClN2O4S. The van der Waals surface area contributed by atoms with Crippen molar-refractivity contribution in [3.05, 3.63) is 23.3 Å². The Labute approximate surface area is 179 Å². The Bertz CT molecular complexity index is 848. The second-order valence-electron chi connectivity index (χ2n) is 8.28. The normalized spacial score (nSPS) is 22.2. The Hall–Kier alpha value is -1.31. The number of ether oxygens (including phenoxy) is 1. The zero-order valence-electron chi connectivity index (χ0n) is 16.9. The molecule has 2 fully saturated rings. The number of sulfone groups is 1. The Balaban J connectivity index is 0.00000240. The number of aryl methyl sites for hydroxylation is 1. The molecule has 0 radical (unpaired) electrons. The van der Waals surface area contributed by atoms with Gasteiger partial charge in [-0.2, -0.15) is 0 Å². The molecule has 1 amide bonds. The molecule has 2 N–H and O–H groups in total. The van der Waals surface area contributed by atoms with Gasteiger partial charge in [0.15, 0.2) is 9.84 Å². The molecule has 1 aliphatic carbocycles. The molecule has 0 aromatic heterocycles. The molecule has 0 bridgehead atoms. The lowest BCUT2D eigenvalue weighted by Crippen LogP contribution is -2.47. The molecule has 0 spiro atoms. The van der Waals surface area contributed by atoms with Crippen LogP contribution in [0.15, 0.2) is 17.0 Å². The maximum absolute atomic E-state index is 13.2. The smallest absolute Gasteiger partial charge is 0.255 e. The van der Waals surface area contributed by atoms with Crippen LogP contribution in [0.25, 0.3) is 0 Å². The highest BCUT2D eigenvalue weighted by Gasteiger charge is 2.33. The van der Waals surface area contributed by atoms with Gasteiger partial charge in [-0.15, -0.1) is 12.4 Å². The third-order valence-electron chi connectivity index (χ3n) is 6.14. The van der Waals surface area contributed by atoms with Gasteiger partial charge in [0.2, 0.25) is 0 Å². The van der Waals surface area contributed by atoms with E-state index in [9.17, 15) is 13.2 Å². The predicted molar refractivity (Wildman–Crippen MR) is 115 cm³/mol. The van der Waals surface area contributed by atoms with Crippen LogP contribution in [0.3, 0.4) is 0 Å². The molecule has 6 nitrogen and oxygen atoms in total. The highest BCUT2D eigenvalue weighted by atomic mass is 35.5. The van der Waals surface area contributed by atoms with E-state index in [2.05, 4.69) is 10.6 Å². The summed E-state index contributed by atoms with van der Waals surface area (Å²) in [6.45, 7) is 3.18. The second kappa shape index (κ2) is 9.23. The van der Waals surface area contributed by atoms with Gasteiger partial charge in [-0.05, 0) is 62.3 Å². The zero-order chi connectivity index (χ0) is 19.7. The topological polar surface area (TPSA) is 84.5 Å². The van der Waals surface area contributed by atoms with E-state index < -0.39 is 9.84 Å². The van der Waals surface area contributed by atoms with E-state index in [4.69, 9.17) is 4.74 Å². The lowest BCUT2D eigenvalue weighted by Gasteiger charge is -2.27. The van der Waals surface area contributed by atoms with Crippen LogP contribution in [0.5, 0.6) is 5.75 Å². The van der Waals surface area contributed by atoms with Gasteiger partial charge in [0.1, 0.15) is 5.75 Å². The van der Waals surface area contributed by atoms with Crippen LogP contribution in [-0.4, -0.2) is 45.3 Å². The van der Waals surface area contributed by atoms with Crippen molar-refractivity contribution in [3.8, 4) is 5.75 Å². The van der Waals surface area contributed by atoms with Crippen molar-refractivity contribution in [3.63, 3.8) is 0 Å². The summed E-state index contributed by atoms with van der Waals surface area (Å²) in [6, 6.07) is 3.57. The van der Waals surface area contributed by atoms with Crippen LogP contribution in [0.4, 0.5) is 0 Å². The molecule has 3 aliphatic rings. The molecule has 8 heteroatoms. The Kier molecular flexibility index (Phi) is 7.12. The van der Waals surface area contributed by atoms with Crippen molar-refractivity contribution >= 4 is 28.2 Å². The zero-order valence-corrected chi connectivity index (χ0v) is 18.5. The van der Waals surface area contributed by atoms with Crippen molar-refractivity contribution in [1.82, 2.24) is 10.6 Å². The monoisotopic (exact) mass is 442 g/mol. The molecular weight excluding hydrogens is 412 g/mol. The minimum Gasteiger partial charge on any atom is -0.492 e. The van der Waals surface area contributed by atoms with Crippen LogP contribution >= 0.6 is 12.4 Å². The molecule has 162 valence electrons. The molecule has 2 unspecified atom stereocenters. The summed E-state index contributed by atoms with van der Waals surface area (Å²) in [5.74, 6) is 1.06. The minimum atomic E-state index is -3.39. The fraction of sp³-hybridized carbons (Fsp3) is 0.667. The molecule has 4 rings (SSSR count). The van der Waals surface area contributed by atoms with Crippen molar-refractivity contribution in [2.75, 3.05) is 18.9 Å². The van der Waals surface area contributed by atoms with Gasteiger partial charge in [-0.1, -0.05) is 19.8 Å². The van der Waals surface area contributed by atoms with E-state index in [0.29, 0.717) is 29.9 Å². The summed E-state index contributed by atoms with van der Waals surface area (Å²) in [4.78, 5) is 13.5. The standard InChI is InChI=1S/C21H30N2O4S.ClH/c1-2-28(25,26)16-12-15-5-4-10-27-20(15)17(13-16)21(24)23-19(11-14-7-8-14)18-6-3-9-22-18;/h12-14,18-19,22H,2-11H2,1H3,(H,23,24);1H. The molecule has 2 aliphatic heterocycles. The summed E-state index contributed by atoms with van der Waals surface area (Å²) in [7, 11) is -3.39. The first-order valence-corrected chi connectivity index (χ1v) is 12.2.